The largest absolute Gasteiger partial charge is 0.330 e. The van der Waals surface area contributed by atoms with Crippen LogP contribution in [0.2, 0.25) is 0 Å². The van der Waals surface area contributed by atoms with Gasteiger partial charge in [0.1, 0.15) is 0 Å². The van der Waals surface area contributed by atoms with Gasteiger partial charge in [0.25, 0.3) is 0 Å². The lowest BCUT2D eigenvalue weighted by Crippen LogP contribution is -2.30. The SMILES string of the molecule is CCCC1(CNS(=O)(=O)c2ccc(CCCN)cc2)CC1. The van der Waals surface area contributed by atoms with Crippen LogP contribution in [0.3, 0.4) is 0 Å². The van der Waals surface area contributed by atoms with E-state index in [0.717, 1.165) is 44.1 Å². The molecule has 1 aliphatic rings. The van der Waals surface area contributed by atoms with Crippen LogP contribution in [0.1, 0.15) is 44.6 Å². The molecular weight excluding hydrogens is 284 g/mol. The predicted octanol–water partition coefficient (Wildman–Crippen LogP) is 2.44. The quantitative estimate of drug-likeness (QED) is 0.736. The lowest BCUT2D eigenvalue weighted by atomic mass is 10.0. The van der Waals surface area contributed by atoms with Crippen LogP contribution in [0.25, 0.3) is 0 Å². The molecule has 0 aliphatic heterocycles. The van der Waals surface area contributed by atoms with Crippen molar-refractivity contribution < 1.29 is 8.42 Å². The molecule has 5 heteroatoms. The van der Waals surface area contributed by atoms with Crippen molar-refractivity contribution in [3.63, 3.8) is 0 Å². The second-order valence-electron chi connectivity index (χ2n) is 6.11. The van der Waals surface area contributed by atoms with Gasteiger partial charge in [-0.3, -0.25) is 0 Å². The Balaban J connectivity index is 1.96. The van der Waals surface area contributed by atoms with Gasteiger partial charge >= 0.3 is 0 Å². The molecule has 0 heterocycles. The van der Waals surface area contributed by atoms with Gasteiger partial charge in [-0.15, -0.1) is 0 Å². The fraction of sp³-hybridized carbons (Fsp3) is 0.625. The molecule has 1 aromatic rings. The van der Waals surface area contributed by atoms with Gasteiger partial charge in [-0.2, -0.15) is 0 Å². The summed E-state index contributed by atoms with van der Waals surface area (Å²) in [6.07, 6.45) is 6.31. The van der Waals surface area contributed by atoms with Crippen LogP contribution in [0.4, 0.5) is 0 Å². The van der Waals surface area contributed by atoms with E-state index in [-0.39, 0.29) is 5.41 Å². The van der Waals surface area contributed by atoms with Crippen molar-refractivity contribution in [1.82, 2.24) is 4.72 Å². The number of benzene rings is 1. The molecule has 0 bridgehead atoms. The normalized spacial score (nSPS) is 16.9. The molecule has 0 aromatic heterocycles. The lowest BCUT2D eigenvalue weighted by Gasteiger charge is -2.15. The van der Waals surface area contributed by atoms with E-state index in [1.165, 1.54) is 0 Å². The monoisotopic (exact) mass is 310 g/mol. The highest BCUT2D eigenvalue weighted by molar-refractivity contribution is 7.89. The summed E-state index contributed by atoms with van der Waals surface area (Å²) in [5, 5.41) is 0. The van der Waals surface area contributed by atoms with Crippen molar-refractivity contribution in [2.75, 3.05) is 13.1 Å². The summed E-state index contributed by atoms with van der Waals surface area (Å²) < 4.78 is 27.4. The molecule has 0 saturated heterocycles. The Hall–Kier alpha value is -0.910. The fourth-order valence-electron chi connectivity index (χ4n) is 2.70. The third-order valence-corrected chi connectivity index (χ3v) is 5.69. The third-order valence-electron chi connectivity index (χ3n) is 4.28. The summed E-state index contributed by atoms with van der Waals surface area (Å²) in [7, 11) is -3.38. The summed E-state index contributed by atoms with van der Waals surface area (Å²) in [4.78, 5) is 0.353. The topological polar surface area (TPSA) is 72.2 Å². The molecule has 1 fully saturated rings. The summed E-state index contributed by atoms with van der Waals surface area (Å²) >= 11 is 0. The van der Waals surface area contributed by atoms with Gasteiger partial charge in [-0.1, -0.05) is 25.5 Å². The molecule has 0 radical (unpaired) electrons. The lowest BCUT2D eigenvalue weighted by molar-refractivity contribution is 0.449. The Morgan fingerprint density at radius 2 is 1.90 bits per heavy atom. The molecule has 3 N–H and O–H groups in total. The molecule has 0 amide bonds. The number of hydrogen-bond donors (Lipinski definition) is 2. The van der Waals surface area contributed by atoms with Crippen LogP contribution in [-0.2, 0) is 16.4 Å². The van der Waals surface area contributed by atoms with Crippen LogP contribution in [-0.4, -0.2) is 21.5 Å². The van der Waals surface area contributed by atoms with Crippen LogP contribution in [0.15, 0.2) is 29.2 Å². The molecule has 118 valence electrons. The number of hydrogen-bond acceptors (Lipinski definition) is 3. The fourth-order valence-corrected chi connectivity index (χ4v) is 3.85. The Kier molecular flexibility index (Phi) is 5.41. The average Bonchev–Trinajstić information content (AvgIpc) is 3.24. The van der Waals surface area contributed by atoms with Gasteiger partial charge in [0.15, 0.2) is 0 Å². The predicted molar refractivity (Wildman–Crippen MR) is 85.6 cm³/mol. The second-order valence-corrected chi connectivity index (χ2v) is 7.88. The molecule has 1 saturated carbocycles. The van der Waals surface area contributed by atoms with Gasteiger partial charge in [0, 0.05) is 6.54 Å². The van der Waals surface area contributed by atoms with Crippen molar-refractivity contribution in [2.45, 2.75) is 50.3 Å². The van der Waals surface area contributed by atoms with E-state index in [1.807, 2.05) is 12.1 Å². The average molecular weight is 310 g/mol. The Labute approximate surface area is 128 Å². The molecule has 2 rings (SSSR count). The summed E-state index contributed by atoms with van der Waals surface area (Å²) in [6, 6.07) is 7.13. The molecule has 1 aromatic carbocycles. The molecule has 0 unspecified atom stereocenters. The standard InChI is InChI=1S/C16H26N2O2S/c1-2-9-16(10-11-16)13-18-21(19,20)15-7-5-14(6-8-15)4-3-12-17/h5-8,18H,2-4,9-13,17H2,1H3. The number of sulfonamides is 1. The zero-order valence-corrected chi connectivity index (χ0v) is 13.6. The van der Waals surface area contributed by atoms with Crippen molar-refractivity contribution in [2.24, 2.45) is 11.1 Å². The molecule has 4 nitrogen and oxygen atoms in total. The van der Waals surface area contributed by atoms with E-state index in [4.69, 9.17) is 5.73 Å². The minimum Gasteiger partial charge on any atom is -0.330 e. The summed E-state index contributed by atoms with van der Waals surface area (Å²) in [5.74, 6) is 0. The van der Waals surface area contributed by atoms with Crippen molar-refractivity contribution >= 4 is 10.0 Å². The van der Waals surface area contributed by atoms with Crippen molar-refractivity contribution in [1.29, 1.82) is 0 Å². The van der Waals surface area contributed by atoms with Crippen LogP contribution >= 0.6 is 0 Å². The minimum atomic E-state index is -3.38. The zero-order chi connectivity index (χ0) is 15.3. The van der Waals surface area contributed by atoms with Crippen molar-refractivity contribution in [3.05, 3.63) is 29.8 Å². The first-order valence-electron chi connectivity index (χ1n) is 7.80. The van der Waals surface area contributed by atoms with Crippen LogP contribution in [0, 0.1) is 5.41 Å². The molecule has 21 heavy (non-hydrogen) atoms. The maximum Gasteiger partial charge on any atom is 0.240 e. The number of nitrogens with two attached hydrogens (primary N) is 1. The zero-order valence-electron chi connectivity index (χ0n) is 12.8. The van der Waals surface area contributed by atoms with Crippen LogP contribution in [0.5, 0.6) is 0 Å². The maximum atomic E-state index is 12.3. The highest BCUT2D eigenvalue weighted by atomic mass is 32.2. The van der Waals surface area contributed by atoms with Gasteiger partial charge in [0.2, 0.25) is 10.0 Å². The Morgan fingerprint density at radius 1 is 1.24 bits per heavy atom. The Bertz CT molecular complexity index is 548. The van der Waals surface area contributed by atoms with E-state index in [1.54, 1.807) is 12.1 Å². The van der Waals surface area contributed by atoms with E-state index >= 15 is 0 Å². The first-order valence-corrected chi connectivity index (χ1v) is 9.28. The maximum absolute atomic E-state index is 12.3. The third kappa shape index (κ3) is 4.53. The van der Waals surface area contributed by atoms with E-state index in [0.29, 0.717) is 18.0 Å². The molecule has 1 aliphatic carbocycles. The van der Waals surface area contributed by atoms with Crippen LogP contribution < -0.4 is 10.5 Å². The first-order chi connectivity index (χ1) is 10.0. The first kappa shape index (κ1) is 16.5. The highest BCUT2D eigenvalue weighted by Crippen LogP contribution is 2.49. The smallest absolute Gasteiger partial charge is 0.240 e. The van der Waals surface area contributed by atoms with Crippen molar-refractivity contribution in [3.8, 4) is 0 Å². The van der Waals surface area contributed by atoms with Gasteiger partial charge in [-0.05, 0) is 61.8 Å². The van der Waals surface area contributed by atoms with Gasteiger partial charge < -0.3 is 5.73 Å². The second kappa shape index (κ2) is 6.90. The minimum absolute atomic E-state index is 0.225. The number of aryl methyl sites for hydroxylation is 1. The molecule has 0 atom stereocenters. The number of rotatable bonds is 9. The van der Waals surface area contributed by atoms with E-state index < -0.39 is 10.0 Å². The molecule has 0 spiro atoms. The van der Waals surface area contributed by atoms with Gasteiger partial charge in [-0.25, -0.2) is 13.1 Å². The summed E-state index contributed by atoms with van der Waals surface area (Å²) in [5.41, 5.74) is 6.83. The Morgan fingerprint density at radius 3 is 2.43 bits per heavy atom. The van der Waals surface area contributed by atoms with E-state index in [9.17, 15) is 8.42 Å². The highest BCUT2D eigenvalue weighted by Gasteiger charge is 2.42. The molecular formula is C16H26N2O2S. The number of nitrogens with one attached hydrogen (secondary N) is 1. The van der Waals surface area contributed by atoms with E-state index in [2.05, 4.69) is 11.6 Å². The summed E-state index contributed by atoms with van der Waals surface area (Å²) in [6.45, 7) is 3.37. The van der Waals surface area contributed by atoms with Gasteiger partial charge in [0.05, 0.1) is 4.90 Å².